The van der Waals surface area contributed by atoms with Gasteiger partial charge in [0, 0.05) is 6.61 Å². The molecule has 0 aliphatic rings. The summed E-state index contributed by atoms with van der Waals surface area (Å²) < 4.78 is 0. The topological polar surface area (TPSA) is 20.2 Å². The molecule has 0 aliphatic heterocycles. The minimum Gasteiger partial charge on any atom is -0.396 e. The Morgan fingerprint density at radius 1 is 1.27 bits per heavy atom. The molecule has 0 aromatic heterocycles. The van der Waals surface area contributed by atoms with Gasteiger partial charge in [0.05, 0.1) is 0 Å². The van der Waals surface area contributed by atoms with Crippen LogP contribution in [-0.4, -0.2) is 11.7 Å². The molecule has 0 aromatic rings. The van der Waals surface area contributed by atoms with Gasteiger partial charge in [-0.15, -0.1) is 0 Å². The molecule has 1 N–H and O–H groups in total. The van der Waals surface area contributed by atoms with Crippen molar-refractivity contribution in [2.75, 3.05) is 6.61 Å². The summed E-state index contributed by atoms with van der Waals surface area (Å²) in [6, 6.07) is 0. The Kier molecular flexibility index (Phi) is 6.63. The lowest BCUT2D eigenvalue weighted by Gasteiger charge is -2.20. The summed E-state index contributed by atoms with van der Waals surface area (Å²) in [6.45, 7) is 6.93. The van der Waals surface area contributed by atoms with Crippen LogP contribution in [-0.2, 0) is 0 Å². The Morgan fingerprint density at radius 3 is 2.27 bits per heavy atom. The molecule has 1 nitrogen and oxygen atoms in total. The predicted molar refractivity (Wildman–Crippen MR) is 49.6 cm³/mol. The third kappa shape index (κ3) is 4.41. The van der Waals surface area contributed by atoms with Gasteiger partial charge in [0.1, 0.15) is 0 Å². The molecule has 0 aliphatic carbocycles. The van der Waals surface area contributed by atoms with E-state index in [-0.39, 0.29) is 0 Å². The summed E-state index contributed by atoms with van der Waals surface area (Å²) >= 11 is 0. The molecule has 68 valence electrons. The highest BCUT2D eigenvalue weighted by molar-refractivity contribution is 4.63. The molecule has 0 aromatic carbocycles. The van der Waals surface area contributed by atoms with Crippen molar-refractivity contribution in [1.82, 2.24) is 0 Å². The van der Waals surface area contributed by atoms with E-state index in [9.17, 15) is 0 Å². The number of hydrogen-bond acceptors (Lipinski definition) is 1. The van der Waals surface area contributed by atoms with Crippen molar-refractivity contribution >= 4 is 0 Å². The van der Waals surface area contributed by atoms with Gasteiger partial charge < -0.3 is 5.11 Å². The van der Waals surface area contributed by atoms with E-state index in [2.05, 4.69) is 20.8 Å². The van der Waals surface area contributed by atoms with Crippen molar-refractivity contribution < 1.29 is 5.11 Å². The van der Waals surface area contributed by atoms with Crippen molar-refractivity contribution in [2.24, 2.45) is 11.8 Å². The first-order valence-electron chi connectivity index (χ1n) is 4.87. The van der Waals surface area contributed by atoms with E-state index in [0.29, 0.717) is 12.5 Å². The van der Waals surface area contributed by atoms with Crippen molar-refractivity contribution in [3.63, 3.8) is 0 Å². The van der Waals surface area contributed by atoms with Gasteiger partial charge in [0.15, 0.2) is 0 Å². The van der Waals surface area contributed by atoms with E-state index in [4.69, 9.17) is 5.11 Å². The zero-order valence-electron chi connectivity index (χ0n) is 8.14. The predicted octanol–water partition coefficient (Wildman–Crippen LogP) is 2.83. The van der Waals surface area contributed by atoms with Gasteiger partial charge in [-0.05, 0) is 11.8 Å². The molecule has 0 bridgehead atoms. The zero-order valence-corrected chi connectivity index (χ0v) is 8.14. The highest BCUT2D eigenvalue weighted by Crippen LogP contribution is 2.21. The van der Waals surface area contributed by atoms with Gasteiger partial charge in [0.2, 0.25) is 0 Å². The minimum absolute atomic E-state index is 0.349. The largest absolute Gasteiger partial charge is 0.396 e. The Hall–Kier alpha value is -0.0400. The van der Waals surface area contributed by atoms with Crippen molar-refractivity contribution in [3.8, 4) is 0 Å². The Morgan fingerprint density at radius 2 is 1.91 bits per heavy atom. The molecule has 0 rings (SSSR count). The Labute approximate surface area is 70.8 Å². The van der Waals surface area contributed by atoms with E-state index >= 15 is 0 Å². The fourth-order valence-electron chi connectivity index (χ4n) is 1.51. The highest BCUT2D eigenvalue weighted by atomic mass is 16.3. The first-order valence-corrected chi connectivity index (χ1v) is 4.87. The molecule has 0 radical (unpaired) electrons. The summed E-state index contributed by atoms with van der Waals surface area (Å²) in [5.74, 6) is 1.23. The lowest BCUT2D eigenvalue weighted by atomic mass is 9.88. The summed E-state index contributed by atoms with van der Waals surface area (Å²) in [6.07, 6.45) is 5.08. The second-order valence-corrected chi connectivity index (χ2v) is 3.47. The third-order valence-electron chi connectivity index (χ3n) is 2.55. The summed E-state index contributed by atoms with van der Waals surface area (Å²) in [5.41, 5.74) is 0. The summed E-state index contributed by atoms with van der Waals surface area (Å²) in [5, 5.41) is 8.94. The van der Waals surface area contributed by atoms with Crippen LogP contribution < -0.4 is 0 Å². The first kappa shape index (κ1) is 11.0. The molecule has 0 saturated carbocycles. The van der Waals surface area contributed by atoms with Crippen LogP contribution in [0.5, 0.6) is 0 Å². The van der Waals surface area contributed by atoms with Crippen LogP contribution in [0.25, 0.3) is 0 Å². The van der Waals surface area contributed by atoms with Gasteiger partial charge >= 0.3 is 0 Å². The van der Waals surface area contributed by atoms with Crippen LogP contribution in [0.2, 0.25) is 0 Å². The normalized spacial score (nSPS) is 16.4. The first-order chi connectivity index (χ1) is 5.26. The van der Waals surface area contributed by atoms with Gasteiger partial charge in [-0.1, -0.05) is 46.5 Å². The van der Waals surface area contributed by atoms with Crippen LogP contribution in [0.3, 0.4) is 0 Å². The zero-order chi connectivity index (χ0) is 8.69. The van der Waals surface area contributed by atoms with E-state index in [1.165, 1.54) is 25.7 Å². The van der Waals surface area contributed by atoms with Gasteiger partial charge in [-0.2, -0.15) is 0 Å². The molecule has 0 fully saturated rings. The van der Waals surface area contributed by atoms with Crippen LogP contribution in [0.15, 0.2) is 0 Å². The van der Waals surface area contributed by atoms with Crippen LogP contribution >= 0.6 is 0 Å². The lowest BCUT2D eigenvalue weighted by Crippen LogP contribution is -2.14. The van der Waals surface area contributed by atoms with E-state index in [0.717, 1.165) is 5.92 Å². The molecule has 2 unspecified atom stereocenters. The monoisotopic (exact) mass is 158 g/mol. The average molecular weight is 158 g/mol. The number of unbranched alkanes of at least 4 members (excludes halogenated alkanes) is 1. The van der Waals surface area contributed by atoms with Crippen LogP contribution in [0, 0.1) is 11.8 Å². The third-order valence-corrected chi connectivity index (χ3v) is 2.55. The molecule has 2 atom stereocenters. The number of aliphatic hydroxyl groups excluding tert-OH is 1. The second kappa shape index (κ2) is 6.66. The maximum absolute atomic E-state index is 8.94. The van der Waals surface area contributed by atoms with Crippen molar-refractivity contribution in [3.05, 3.63) is 0 Å². The van der Waals surface area contributed by atoms with Crippen LogP contribution in [0.1, 0.15) is 46.5 Å². The molecule has 0 heterocycles. The van der Waals surface area contributed by atoms with E-state index in [1.807, 2.05) is 0 Å². The SMILES string of the molecule is CCCCC(CC)C(C)CO. The minimum atomic E-state index is 0.349. The van der Waals surface area contributed by atoms with E-state index in [1.54, 1.807) is 0 Å². The summed E-state index contributed by atoms with van der Waals surface area (Å²) in [7, 11) is 0. The van der Waals surface area contributed by atoms with Gasteiger partial charge in [-0.3, -0.25) is 0 Å². The molecular weight excluding hydrogens is 136 g/mol. The summed E-state index contributed by atoms with van der Waals surface area (Å²) in [4.78, 5) is 0. The Balaban J connectivity index is 3.56. The van der Waals surface area contributed by atoms with E-state index < -0.39 is 0 Å². The van der Waals surface area contributed by atoms with Gasteiger partial charge in [0.25, 0.3) is 0 Å². The number of rotatable bonds is 6. The molecule has 0 amide bonds. The molecular formula is C10H22O. The molecule has 1 heteroatoms. The average Bonchev–Trinajstić information content (AvgIpc) is 2.05. The Bertz CT molecular complexity index is 80.9. The number of hydrogen-bond donors (Lipinski definition) is 1. The highest BCUT2D eigenvalue weighted by Gasteiger charge is 2.12. The second-order valence-electron chi connectivity index (χ2n) is 3.47. The maximum atomic E-state index is 8.94. The number of aliphatic hydroxyl groups is 1. The fourth-order valence-corrected chi connectivity index (χ4v) is 1.51. The molecule has 11 heavy (non-hydrogen) atoms. The maximum Gasteiger partial charge on any atom is 0.0459 e. The van der Waals surface area contributed by atoms with Crippen LogP contribution in [0.4, 0.5) is 0 Å². The van der Waals surface area contributed by atoms with Crippen molar-refractivity contribution in [1.29, 1.82) is 0 Å². The smallest absolute Gasteiger partial charge is 0.0459 e. The quantitative estimate of drug-likeness (QED) is 0.630. The van der Waals surface area contributed by atoms with Crippen molar-refractivity contribution in [2.45, 2.75) is 46.5 Å². The molecule has 0 saturated heterocycles. The fraction of sp³-hybridized carbons (Fsp3) is 1.00. The lowest BCUT2D eigenvalue weighted by molar-refractivity contribution is 0.177. The van der Waals surface area contributed by atoms with Gasteiger partial charge in [-0.25, -0.2) is 0 Å². The molecule has 0 spiro atoms. The standard InChI is InChI=1S/C10H22O/c1-4-6-7-10(5-2)9(3)8-11/h9-11H,4-8H2,1-3H3.